The molecule has 1 fully saturated rings. The zero-order chi connectivity index (χ0) is 18.4. The van der Waals surface area contributed by atoms with Crippen LogP contribution in [-0.2, 0) is 0 Å². The fourth-order valence-corrected chi connectivity index (χ4v) is 4.10. The van der Waals surface area contributed by atoms with Crippen LogP contribution in [0, 0.1) is 6.92 Å². The van der Waals surface area contributed by atoms with Crippen molar-refractivity contribution in [3.8, 4) is 22.0 Å². The van der Waals surface area contributed by atoms with Gasteiger partial charge in [0.1, 0.15) is 16.4 Å². The molecular formula is C18H20ClN5S2. The van der Waals surface area contributed by atoms with Crippen LogP contribution >= 0.6 is 34.3 Å². The van der Waals surface area contributed by atoms with E-state index in [2.05, 4.69) is 32.3 Å². The molecule has 1 aliphatic heterocycles. The summed E-state index contributed by atoms with van der Waals surface area (Å²) in [5.41, 5.74) is 3.79. The number of aliphatic imine (C=N–C) groups is 1. The van der Waals surface area contributed by atoms with E-state index < -0.39 is 0 Å². The van der Waals surface area contributed by atoms with Gasteiger partial charge in [0.25, 0.3) is 0 Å². The standard InChI is InChI=1S/C14H10ClN3S2.C4H10N2/c1-8-9(4-3-5-10(8)15)13-17-11(6-19-13)12-7-20-14(16-2)18-12;1-2-5-4-6-3-1/h3-7H,2H2,1H3;5-6H,1-4H2. The third-order valence-electron chi connectivity index (χ3n) is 3.85. The van der Waals surface area contributed by atoms with Gasteiger partial charge in [0.05, 0.1) is 0 Å². The van der Waals surface area contributed by atoms with Gasteiger partial charge in [-0.25, -0.2) is 15.0 Å². The van der Waals surface area contributed by atoms with Crippen molar-refractivity contribution in [2.24, 2.45) is 4.99 Å². The average molecular weight is 406 g/mol. The molecular weight excluding hydrogens is 386 g/mol. The Bertz CT molecular complexity index is 859. The molecule has 0 spiro atoms. The lowest BCUT2D eigenvalue weighted by atomic mass is 10.1. The summed E-state index contributed by atoms with van der Waals surface area (Å²) in [7, 11) is 0. The normalized spacial score (nSPS) is 13.8. The first kappa shape index (κ1) is 19.1. The minimum absolute atomic E-state index is 0.661. The van der Waals surface area contributed by atoms with Gasteiger partial charge in [0.15, 0.2) is 0 Å². The maximum atomic E-state index is 6.16. The zero-order valence-electron chi connectivity index (χ0n) is 14.5. The topological polar surface area (TPSA) is 62.2 Å². The van der Waals surface area contributed by atoms with E-state index in [1.54, 1.807) is 11.3 Å². The predicted molar refractivity (Wildman–Crippen MR) is 113 cm³/mol. The van der Waals surface area contributed by atoms with E-state index in [9.17, 15) is 0 Å². The van der Waals surface area contributed by atoms with Gasteiger partial charge in [-0.3, -0.25) is 0 Å². The predicted octanol–water partition coefficient (Wildman–Crippen LogP) is 4.75. The average Bonchev–Trinajstić information content (AvgIpc) is 3.35. The Hall–Kier alpha value is -1.64. The molecule has 1 aromatic carbocycles. The highest BCUT2D eigenvalue weighted by Gasteiger charge is 2.12. The zero-order valence-corrected chi connectivity index (χ0v) is 16.8. The molecule has 0 bridgehead atoms. The van der Waals surface area contributed by atoms with Gasteiger partial charge < -0.3 is 10.6 Å². The number of aromatic nitrogens is 2. The van der Waals surface area contributed by atoms with Gasteiger partial charge in [0.2, 0.25) is 5.13 Å². The van der Waals surface area contributed by atoms with Crippen LogP contribution in [0.15, 0.2) is 34.0 Å². The molecule has 8 heteroatoms. The number of hydrogen-bond acceptors (Lipinski definition) is 7. The fourth-order valence-electron chi connectivity index (χ4n) is 2.41. The fraction of sp³-hybridized carbons (Fsp3) is 0.278. The van der Waals surface area contributed by atoms with Crippen molar-refractivity contribution in [3.63, 3.8) is 0 Å². The number of halogens is 1. The molecule has 0 radical (unpaired) electrons. The molecule has 0 saturated carbocycles. The van der Waals surface area contributed by atoms with E-state index in [0.29, 0.717) is 5.13 Å². The summed E-state index contributed by atoms with van der Waals surface area (Å²) in [6.07, 6.45) is 1.28. The summed E-state index contributed by atoms with van der Waals surface area (Å²) in [5.74, 6) is 0. The molecule has 1 saturated heterocycles. The lowest BCUT2D eigenvalue weighted by molar-refractivity contribution is 0.496. The summed E-state index contributed by atoms with van der Waals surface area (Å²) < 4.78 is 0. The monoisotopic (exact) mass is 405 g/mol. The second-order valence-electron chi connectivity index (χ2n) is 5.65. The van der Waals surface area contributed by atoms with Crippen LogP contribution in [0.3, 0.4) is 0 Å². The number of thiazole rings is 2. The van der Waals surface area contributed by atoms with Crippen LogP contribution in [0.1, 0.15) is 12.0 Å². The van der Waals surface area contributed by atoms with Crippen molar-refractivity contribution >= 4 is 46.1 Å². The van der Waals surface area contributed by atoms with Crippen molar-refractivity contribution in [3.05, 3.63) is 39.5 Å². The quantitative estimate of drug-likeness (QED) is 0.617. The lowest BCUT2D eigenvalue weighted by Crippen LogP contribution is -2.37. The number of hydrogen-bond donors (Lipinski definition) is 2. The Morgan fingerprint density at radius 2 is 1.85 bits per heavy atom. The number of nitrogens with zero attached hydrogens (tertiary/aromatic N) is 3. The highest BCUT2D eigenvalue weighted by molar-refractivity contribution is 7.14. The van der Waals surface area contributed by atoms with Crippen molar-refractivity contribution in [1.82, 2.24) is 20.6 Å². The smallest absolute Gasteiger partial charge is 0.209 e. The Morgan fingerprint density at radius 3 is 2.46 bits per heavy atom. The molecule has 1 aliphatic rings. The van der Waals surface area contributed by atoms with Crippen molar-refractivity contribution in [2.75, 3.05) is 19.8 Å². The minimum Gasteiger partial charge on any atom is -0.304 e. The Morgan fingerprint density at radius 1 is 1.12 bits per heavy atom. The molecule has 2 N–H and O–H groups in total. The molecule has 2 aromatic heterocycles. The number of nitrogens with one attached hydrogen (secondary N) is 2. The Balaban J connectivity index is 0.000000278. The third-order valence-corrected chi connectivity index (χ3v) is 5.91. The minimum atomic E-state index is 0.661. The van der Waals surface area contributed by atoms with Gasteiger partial charge in [0, 0.05) is 28.0 Å². The van der Waals surface area contributed by atoms with Gasteiger partial charge in [-0.1, -0.05) is 23.7 Å². The number of rotatable bonds is 3. The van der Waals surface area contributed by atoms with Crippen LogP contribution in [0.4, 0.5) is 5.13 Å². The molecule has 26 heavy (non-hydrogen) atoms. The second-order valence-corrected chi connectivity index (χ2v) is 7.76. The van der Waals surface area contributed by atoms with E-state index in [0.717, 1.165) is 39.2 Å². The Kier molecular flexibility index (Phi) is 6.87. The van der Waals surface area contributed by atoms with Gasteiger partial charge in [-0.2, -0.15) is 0 Å². The van der Waals surface area contributed by atoms with Gasteiger partial charge >= 0.3 is 0 Å². The Labute approximate surface area is 166 Å². The SMILES string of the molecule is C1CNCNC1.C=Nc1nc(-c2csc(-c3cccc(Cl)c3C)n2)cs1. The summed E-state index contributed by atoms with van der Waals surface area (Å²) in [4.78, 5) is 12.8. The first-order valence-corrected chi connectivity index (χ1v) is 10.4. The van der Waals surface area contributed by atoms with E-state index in [4.69, 9.17) is 11.6 Å². The lowest BCUT2D eigenvalue weighted by Gasteiger charge is -2.11. The summed E-state index contributed by atoms with van der Waals surface area (Å²) in [6.45, 7) is 8.85. The van der Waals surface area contributed by atoms with Crippen LogP contribution in [-0.4, -0.2) is 36.4 Å². The molecule has 0 amide bonds. The first-order valence-electron chi connectivity index (χ1n) is 8.24. The molecule has 4 rings (SSSR count). The highest BCUT2D eigenvalue weighted by atomic mass is 35.5. The molecule has 136 valence electrons. The molecule has 3 heterocycles. The largest absolute Gasteiger partial charge is 0.304 e. The summed E-state index contributed by atoms with van der Waals surface area (Å²) in [6, 6.07) is 5.85. The highest BCUT2D eigenvalue weighted by Crippen LogP contribution is 2.34. The maximum absolute atomic E-state index is 6.16. The van der Waals surface area contributed by atoms with Gasteiger partial charge in [-0.05, 0) is 44.8 Å². The second kappa shape index (κ2) is 9.34. The first-order chi connectivity index (χ1) is 12.7. The van der Waals surface area contributed by atoms with E-state index in [1.807, 2.05) is 35.9 Å². The van der Waals surface area contributed by atoms with Crippen LogP contribution in [0.2, 0.25) is 5.02 Å². The van der Waals surface area contributed by atoms with Crippen molar-refractivity contribution < 1.29 is 0 Å². The van der Waals surface area contributed by atoms with E-state index in [1.165, 1.54) is 30.8 Å². The number of benzene rings is 1. The van der Waals surface area contributed by atoms with Crippen LogP contribution in [0.5, 0.6) is 0 Å². The van der Waals surface area contributed by atoms with Crippen LogP contribution < -0.4 is 10.6 Å². The molecule has 0 aliphatic carbocycles. The van der Waals surface area contributed by atoms with Crippen molar-refractivity contribution in [2.45, 2.75) is 13.3 Å². The molecule has 0 unspecified atom stereocenters. The summed E-state index contributed by atoms with van der Waals surface area (Å²) in [5, 5.41) is 12.6. The van der Waals surface area contributed by atoms with E-state index in [-0.39, 0.29) is 0 Å². The maximum Gasteiger partial charge on any atom is 0.209 e. The molecule has 3 aromatic rings. The summed E-state index contributed by atoms with van der Waals surface area (Å²) >= 11 is 9.20. The van der Waals surface area contributed by atoms with Gasteiger partial charge in [-0.15, -0.1) is 22.7 Å². The van der Waals surface area contributed by atoms with E-state index >= 15 is 0 Å². The van der Waals surface area contributed by atoms with Crippen LogP contribution in [0.25, 0.3) is 22.0 Å². The third kappa shape index (κ3) is 4.75. The molecule has 0 atom stereocenters. The van der Waals surface area contributed by atoms with Crippen molar-refractivity contribution in [1.29, 1.82) is 0 Å². The molecule has 5 nitrogen and oxygen atoms in total.